The first-order valence-electron chi connectivity index (χ1n) is 10.8. The molecule has 3 N–H and O–H groups in total. The van der Waals surface area contributed by atoms with Crippen molar-refractivity contribution in [1.29, 1.82) is 5.41 Å². The molecule has 0 radical (unpaired) electrons. The van der Waals surface area contributed by atoms with Gasteiger partial charge < -0.3 is 15.0 Å². The lowest BCUT2D eigenvalue weighted by Crippen LogP contribution is -2.25. The number of halogens is 1. The number of carbonyl (C=O) groups is 1. The first-order valence-corrected chi connectivity index (χ1v) is 10.8. The summed E-state index contributed by atoms with van der Waals surface area (Å²) >= 11 is 0. The highest BCUT2D eigenvalue weighted by Gasteiger charge is 2.19. The molecule has 168 valence electrons. The van der Waals surface area contributed by atoms with Crippen LogP contribution in [0.1, 0.15) is 47.8 Å². The maximum Gasteiger partial charge on any atom is 0.166 e. The first-order chi connectivity index (χ1) is 15.6. The normalized spacial score (nSPS) is 11.7. The van der Waals surface area contributed by atoms with Crippen molar-refractivity contribution in [3.63, 3.8) is 0 Å². The number of H-pyrrole nitrogens is 1. The fourth-order valence-electron chi connectivity index (χ4n) is 3.68. The fraction of sp³-hybridized carbons (Fsp3) is 0.320. The lowest BCUT2D eigenvalue weighted by Gasteiger charge is -2.15. The molecule has 0 aliphatic carbocycles. The highest BCUT2D eigenvalue weighted by Crippen LogP contribution is 2.28. The molecule has 32 heavy (non-hydrogen) atoms. The summed E-state index contributed by atoms with van der Waals surface area (Å²) in [4.78, 5) is 20.9. The van der Waals surface area contributed by atoms with Gasteiger partial charge in [-0.2, -0.15) is 0 Å². The predicted molar refractivity (Wildman–Crippen MR) is 124 cm³/mol. The molecule has 7 heteroatoms. The molecule has 0 aliphatic rings. The van der Waals surface area contributed by atoms with E-state index < -0.39 is 6.67 Å². The SMILES string of the molecule is COc1ccccc1C(=O)CC[C@@H](CCCNC(=N)CF)c1ncc(-c2ccccc2)[nH]1. The second kappa shape index (κ2) is 11.8. The average molecular weight is 437 g/mol. The Morgan fingerprint density at radius 3 is 2.66 bits per heavy atom. The Labute approximate surface area is 187 Å². The van der Waals surface area contributed by atoms with Gasteiger partial charge in [0.2, 0.25) is 0 Å². The van der Waals surface area contributed by atoms with Crippen LogP contribution in [0.25, 0.3) is 11.3 Å². The van der Waals surface area contributed by atoms with E-state index >= 15 is 0 Å². The Morgan fingerprint density at radius 2 is 1.91 bits per heavy atom. The van der Waals surface area contributed by atoms with Crippen molar-refractivity contribution in [3.05, 3.63) is 72.2 Å². The molecular formula is C25H29FN4O2. The molecule has 0 amide bonds. The van der Waals surface area contributed by atoms with Gasteiger partial charge >= 0.3 is 0 Å². The first kappa shape index (κ1) is 23.2. The second-order valence-corrected chi connectivity index (χ2v) is 7.59. The van der Waals surface area contributed by atoms with Crippen LogP contribution in [0.2, 0.25) is 0 Å². The number of hydrogen-bond donors (Lipinski definition) is 3. The highest BCUT2D eigenvalue weighted by molar-refractivity contribution is 5.98. The average Bonchev–Trinajstić information content (AvgIpc) is 3.33. The molecule has 2 aromatic carbocycles. The van der Waals surface area contributed by atoms with E-state index in [4.69, 9.17) is 10.1 Å². The van der Waals surface area contributed by atoms with Crippen molar-refractivity contribution in [2.45, 2.75) is 31.6 Å². The zero-order valence-corrected chi connectivity index (χ0v) is 18.2. The van der Waals surface area contributed by atoms with E-state index in [1.54, 1.807) is 19.2 Å². The summed E-state index contributed by atoms with van der Waals surface area (Å²) in [6, 6.07) is 17.2. The van der Waals surface area contributed by atoms with Crippen LogP contribution in [-0.2, 0) is 0 Å². The second-order valence-electron chi connectivity index (χ2n) is 7.59. The number of rotatable bonds is 12. The molecular weight excluding hydrogens is 407 g/mol. The maximum absolute atomic E-state index is 12.9. The van der Waals surface area contributed by atoms with Gasteiger partial charge in [-0.3, -0.25) is 10.2 Å². The predicted octanol–water partition coefficient (Wildman–Crippen LogP) is 5.15. The molecule has 0 aliphatic heterocycles. The number of nitrogens with zero attached hydrogens (tertiary/aromatic N) is 1. The molecule has 0 saturated heterocycles. The van der Waals surface area contributed by atoms with E-state index in [-0.39, 0.29) is 17.5 Å². The van der Waals surface area contributed by atoms with Crippen LogP contribution >= 0.6 is 0 Å². The largest absolute Gasteiger partial charge is 0.496 e. The number of nitrogens with one attached hydrogen (secondary N) is 3. The number of aromatic amines is 1. The van der Waals surface area contributed by atoms with Crippen LogP contribution in [0.4, 0.5) is 4.39 Å². The summed E-state index contributed by atoms with van der Waals surface area (Å²) in [6.07, 6.45) is 4.29. The van der Waals surface area contributed by atoms with Crippen molar-refractivity contribution >= 4 is 11.6 Å². The molecule has 0 unspecified atom stereocenters. The topological polar surface area (TPSA) is 90.9 Å². The van der Waals surface area contributed by atoms with Gasteiger partial charge in [0.25, 0.3) is 0 Å². The van der Waals surface area contributed by atoms with Crippen molar-refractivity contribution in [1.82, 2.24) is 15.3 Å². The third kappa shape index (κ3) is 6.26. The lowest BCUT2D eigenvalue weighted by molar-refractivity contribution is 0.0973. The van der Waals surface area contributed by atoms with E-state index in [1.165, 1.54) is 0 Å². The summed E-state index contributed by atoms with van der Waals surface area (Å²) < 4.78 is 17.8. The number of hydrogen-bond acceptors (Lipinski definition) is 4. The zero-order valence-electron chi connectivity index (χ0n) is 18.2. The number of aromatic nitrogens is 2. The Hall–Kier alpha value is -3.48. The van der Waals surface area contributed by atoms with Gasteiger partial charge in [0.05, 0.1) is 24.6 Å². The minimum Gasteiger partial charge on any atom is -0.496 e. The Bertz CT molecular complexity index is 1020. The molecule has 3 rings (SSSR count). The van der Waals surface area contributed by atoms with Crippen molar-refractivity contribution in [2.24, 2.45) is 0 Å². The molecule has 0 fully saturated rings. The monoisotopic (exact) mass is 436 g/mol. The summed E-state index contributed by atoms with van der Waals surface area (Å²) in [7, 11) is 1.56. The number of ketones is 1. The number of amidine groups is 1. The van der Waals surface area contributed by atoms with Crippen LogP contribution in [0.3, 0.4) is 0 Å². The van der Waals surface area contributed by atoms with E-state index in [2.05, 4.69) is 15.3 Å². The van der Waals surface area contributed by atoms with Crippen LogP contribution in [-0.4, -0.2) is 41.9 Å². The molecule has 1 aromatic heterocycles. The number of carbonyl (C=O) groups excluding carboxylic acids is 1. The fourth-order valence-corrected chi connectivity index (χ4v) is 3.68. The van der Waals surface area contributed by atoms with Gasteiger partial charge in [0.1, 0.15) is 24.1 Å². The number of Topliss-reactive ketones (excluding diaryl/α,β-unsaturated/α-hetero) is 1. The van der Waals surface area contributed by atoms with E-state index in [0.717, 1.165) is 29.9 Å². The number of methoxy groups -OCH3 is 1. The van der Waals surface area contributed by atoms with Gasteiger partial charge in [0, 0.05) is 18.9 Å². The summed E-state index contributed by atoms with van der Waals surface area (Å²) in [5, 5.41) is 10.2. The van der Waals surface area contributed by atoms with Crippen molar-refractivity contribution in [2.75, 3.05) is 20.3 Å². The summed E-state index contributed by atoms with van der Waals surface area (Å²) in [5.74, 6) is 1.36. The molecule has 1 atom stereocenters. The van der Waals surface area contributed by atoms with Gasteiger partial charge in [-0.25, -0.2) is 9.37 Å². The molecule has 0 bridgehead atoms. The van der Waals surface area contributed by atoms with Crippen LogP contribution < -0.4 is 10.1 Å². The van der Waals surface area contributed by atoms with E-state index in [1.807, 2.05) is 48.7 Å². The third-order valence-corrected chi connectivity index (χ3v) is 5.40. The van der Waals surface area contributed by atoms with Crippen molar-refractivity contribution in [3.8, 4) is 17.0 Å². The zero-order chi connectivity index (χ0) is 22.8. The maximum atomic E-state index is 12.9. The standard InChI is InChI=1S/C25H29FN4O2/c1-32-23-12-6-5-11-20(23)22(31)14-13-19(10-7-15-28-24(27)16-26)25-29-17-21(30-25)18-8-3-2-4-9-18/h2-6,8-9,11-12,17,19H,7,10,13-16H2,1H3,(H2,27,28)(H,29,30)/t19-/m1/s1. The third-order valence-electron chi connectivity index (χ3n) is 5.40. The molecule has 3 aromatic rings. The molecule has 0 spiro atoms. The van der Waals surface area contributed by atoms with Crippen molar-refractivity contribution < 1.29 is 13.9 Å². The van der Waals surface area contributed by atoms with E-state index in [0.29, 0.717) is 30.7 Å². The minimum atomic E-state index is -0.796. The molecule has 6 nitrogen and oxygen atoms in total. The van der Waals surface area contributed by atoms with Gasteiger partial charge in [0.15, 0.2) is 5.78 Å². The van der Waals surface area contributed by atoms with Gasteiger partial charge in [-0.05, 0) is 37.0 Å². The number of benzene rings is 2. The summed E-state index contributed by atoms with van der Waals surface area (Å²) in [5.41, 5.74) is 2.56. The number of alkyl halides is 1. The smallest absolute Gasteiger partial charge is 0.166 e. The Balaban J connectivity index is 1.70. The number of ether oxygens (including phenoxy) is 1. The Morgan fingerprint density at radius 1 is 1.16 bits per heavy atom. The molecule has 1 heterocycles. The Kier molecular flexibility index (Phi) is 8.54. The van der Waals surface area contributed by atoms with E-state index in [9.17, 15) is 9.18 Å². The van der Waals surface area contributed by atoms with Crippen LogP contribution in [0.15, 0.2) is 60.8 Å². The quantitative estimate of drug-likeness (QED) is 0.159. The van der Waals surface area contributed by atoms with Gasteiger partial charge in [-0.15, -0.1) is 0 Å². The minimum absolute atomic E-state index is 0.0274. The number of imidazole rings is 1. The number of para-hydroxylation sites is 1. The lowest BCUT2D eigenvalue weighted by atomic mass is 9.93. The summed E-state index contributed by atoms with van der Waals surface area (Å²) in [6.45, 7) is -0.290. The van der Waals surface area contributed by atoms with Gasteiger partial charge in [-0.1, -0.05) is 42.5 Å². The molecule has 0 saturated carbocycles. The van der Waals surface area contributed by atoms with Crippen LogP contribution in [0.5, 0.6) is 5.75 Å². The highest BCUT2D eigenvalue weighted by atomic mass is 19.1. The van der Waals surface area contributed by atoms with Crippen LogP contribution in [0, 0.1) is 5.41 Å².